The Bertz CT molecular complexity index is 569. The molecule has 0 saturated carbocycles. The van der Waals surface area contributed by atoms with E-state index in [1.165, 1.54) is 0 Å². The molecule has 2 aliphatic heterocycles. The van der Waals surface area contributed by atoms with Gasteiger partial charge in [-0.1, -0.05) is 12.1 Å². The largest absolute Gasteiger partial charge is 0.481 e. The number of amides is 1. The lowest BCUT2D eigenvalue weighted by Crippen LogP contribution is -2.35. The van der Waals surface area contributed by atoms with Gasteiger partial charge < -0.3 is 14.7 Å². The highest BCUT2D eigenvalue weighted by Gasteiger charge is 2.35. The second-order valence-electron chi connectivity index (χ2n) is 5.80. The summed E-state index contributed by atoms with van der Waals surface area (Å²) in [6.07, 6.45) is 0.0863. The molecular formula is C16H20N2O4. The van der Waals surface area contributed by atoms with Crippen molar-refractivity contribution in [3.63, 3.8) is 0 Å². The Morgan fingerprint density at radius 2 is 2.09 bits per heavy atom. The first-order chi connectivity index (χ1) is 10.6. The van der Waals surface area contributed by atoms with Crippen LogP contribution in [0.5, 0.6) is 0 Å². The van der Waals surface area contributed by atoms with Crippen molar-refractivity contribution in [3.05, 3.63) is 29.8 Å². The van der Waals surface area contributed by atoms with Crippen molar-refractivity contribution in [3.8, 4) is 0 Å². The summed E-state index contributed by atoms with van der Waals surface area (Å²) in [5.41, 5.74) is 1.92. The average molecular weight is 304 g/mol. The number of aliphatic carboxylic acids is 1. The normalized spacial score (nSPS) is 23.0. The number of nitrogens with zero attached hydrogens (tertiary/aromatic N) is 2. The first kappa shape index (κ1) is 15.0. The van der Waals surface area contributed by atoms with Crippen LogP contribution in [0.3, 0.4) is 0 Å². The Labute approximate surface area is 129 Å². The van der Waals surface area contributed by atoms with E-state index in [-0.39, 0.29) is 18.9 Å². The highest BCUT2D eigenvalue weighted by molar-refractivity contribution is 5.99. The molecule has 0 aromatic heterocycles. The molecule has 6 heteroatoms. The van der Waals surface area contributed by atoms with Crippen LogP contribution in [0.1, 0.15) is 12.0 Å². The van der Waals surface area contributed by atoms with Gasteiger partial charge in [-0.2, -0.15) is 0 Å². The van der Waals surface area contributed by atoms with Gasteiger partial charge in [0.1, 0.15) is 0 Å². The number of hydrogen-bond donors (Lipinski definition) is 1. The van der Waals surface area contributed by atoms with E-state index >= 15 is 0 Å². The lowest BCUT2D eigenvalue weighted by molar-refractivity contribution is -0.141. The van der Waals surface area contributed by atoms with Crippen molar-refractivity contribution in [1.82, 2.24) is 4.90 Å². The van der Waals surface area contributed by atoms with Crippen molar-refractivity contribution in [2.45, 2.75) is 13.0 Å². The summed E-state index contributed by atoms with van der Waals surface area (Å²) in [7, 11) is 0. The molecule has 6 nitrogen and oxygen atoms in total. The van der Waals surface area contributed by atoms with Crippen molar-refractivity contribution in [1.29, 1.82) is 0 Å². The monoisotopic (exact) mass is 304 g/mol. The van der Waals surface area contributed by atoms with Crippen molar-refractivity contribution >= 4 is 17.6 Å². The summed E-state index contributed by atoms with van der Waals surface area (Å²) >= 11 is 0. The van der Waals surface area contributed by atoms with Crippen LogP contribution in [-0.4, -0.2) is 54.7 Å². The van der Waals surface area contributed by atoms with Crippen molar-refractivity contribution in [2.75, 3.05) is 37.7 Å². The molecule has 0 aliphatic carbocycles. The second kappa shape index (κ2) is 6.46. The zero-order valence-electron chi connectivity index (χ0n) is 12.4. The lowest BCUT2D eigenvalue weighted by atomic mass is 10.1. The summed E-state index contributed by atoms with van der Waals surface area (Å²) < 4.78 is 5.34. The van der Waals surface area contributed by atoms with Gasteiger partial charge in [-0.05, 0) is 17.7 Å². The first-order valence-corrected chi connectivity index (χ1v) is 7.55. The van der Waals surface area contributed by atoms with Crippen LogP contribution in [0.25, 0.3) is 0 Å². The second-order valence-corrected chi connectivity index (χ2v) is 5.80. The van der Waals surface area contributed by atoms with Gasteiger partial charge in [0.2, 0.25) is 5.91 Å². The molecule has 1 aromatic rings. The third kappa shape index (κ3) is 3.28. The van der Waals surface area contributed by atoms with E-state index < -0.39 is 11.9 Å². The molecule has 118 valence electrons. The van der Waals surface area contributed by atoms with Crippen LogP contribution in [-0.2, 0) is 20.9 Å². The molecule has 0 bridgehead atoms. The molecule has 1 aromatic carbocycles. The molecule has 22 heavy (non-hydrogen) atoms. The maximum Gasteiger partial charge on any atom is 0.308 e. The highest BCUT2D eigenvalue weighted by Crippen LogP contribution is 2.26. The number of hydrogen-bond acceptors (Lipinski definition) is 4. The molecule has 1 unspecified atom stereocenters. The standard InChI is InChI=1S/C16H20N2O4/c19-15-9-13(16(20)21)11-18(15)14-3-1-2-12(8-14)10-17-4-6-22-7-5-17/h1-3,8,13H,4-7,9-11H2,(H,20,21). The minimum atomic E-state index is -0.902. The molecule has 0 radical (unpaired) electrons. The number of benzene rings is 1. The van der Waals surface area contributed by atoms with Gasteiger partial charge in [0, 0.05) is 38.3 Å². The number of ether oxygens (including phenoxy) is 1. The zero-order valence-corrected chi connectivity index (χ0v) is 12.4. The minimum absolute atomic E-state index is 0.0863. The van der Waals surface area contributed by atoms with E-state index in [1.54, 1.807) is 4.90 Å². The Balaban J connectivity index is 1.71. The van der Waals surface area contributed by atoms with Crippen LogP contribution in [0.15, 0.2) is 24.3 Å². The number of morpholine rings is 1. The molecule has 3 rings (SSSR count). The van der Waals surface area contributed by atoms with E-state index in [4.69, 9.17) is 9.84 Å². The number of carbonyl (C=O) groups is 2. The van der Waals surface area contributed by atoms with Crippen LogP contribution in [0.2, 0.25) is 0 Å². The molecular weight excluding hydrogens is 284 g/mol. The number of carboxylic acids is 1. The summed E-state index contributed by atoms with van der Waals surface area (Å²) in [5, 5.41) is 9.07. The third-order valence-corrected chi connectivity index (χ3v) is 4.21. The van der Waals surface area contributed by atoms with E-state index in [9.17, 15) is 9.59 Å². The number of carbonyl (C=O) groups excluding carboxylic acids is 1. The molecule has 1 atom stereocenters. The maximum absolute atomic E-state index is 12.0. The zero-order chi connectivity index (χ0) is 15.5. The summed E-state index contributed by atoms with van der Waals surface area (Å²) in [4.78, 5) is 27.0. The Kier molecular flexibility index (Phi) is 4.40. The maximum atomic E-state index is 12.0. The quantitative estimate of drug-likeness (QED) is 0.897. The average Bonchev–Trinajstić information content (AvgIpc) is 2.91. The molecule has 2 saturated heterocycles. The fourth-order valence-electron chi connectivity index (χ4n) is 2.96. The van der Waals surface area contributed by atoms with Gasteiger partial charge in [-0.25, -0.2) is 0 Å². The fraction of sp³-hybridized carbons (Fsp3) is 0.500. The Morgan fingerprint density at radius 3 is 2.77 bits per heavy atom. The van der Waals surface area contributed by atoms with Crippen LogP contribution in [0.4, 0.5) is 5.69 Å². The molecule has 2 fully saturated rings. The van der Waals surface area contributed by atoms with Gasteiger partial charge in [-0.3, -0.25) is 14.5 Å². The highest BCUT2D eigenvalue weighted by atomic mass is 16.5. The fourth-order valence-corrected chi connectivity index (χ4v) is 2.96. The van der Waals surface area contributed by atoms with Crippen molar-refractivity contribution in [2.24, 2.45) is 5.92 Å². The third-order valence-electron chi connectivity index (χ3n) is 4.21. The predicted octanol–water partition coefficient (Wildman–Crippen LogP) is 0.956. The van der Waals surface area contributed by atoms with Gasteiger partial charge in [0.05, 0.1) is 19.1 Å². The van der Waals surface area contributed by atoms with Gasteiger partial charge in [0.25, 0.3) is 0 Å². The molecule has 2 aliphatic rings. The summed E-state index contributed by atoms with van der Waals surface area (Å²) in [6.45, 7) is 4.41. The topological polar surface area (TPSA) is 70.1 Å². The molecule has 2 heterocycles. The van der Waals surface area contributed by atoms with Crippen LogP contribution in [0, 0.1) is 5.92 Å². The summed E-state index contributed by atoms with van der Waals surface area (Å²) in [5.74, 6) is -1.62. The molecule has 0 spiro atoms. The Morgan fingerprint density at radius 1 is 1.32 bits per heavy atom. The summed E-state index contributed by atoms with van der Waals surface area (Å²) in [6, 6.07) is 7.81. The number of rotatable bonds is 4. The molecule has 1 N–H and O–H groups in total. The van der Waals surface area contributed by atoms with E-state index in [0.29, 0.717) is 0 Å². The van der Waals surface area contributed by atoms with Crippen LogP contribution < -0.4 is 4.90 Å². The number of carboxylic acid groups (broad SMARTS) is 1. The van der Waals surface area contributed by atoms with E-state index in [0.717, 1.165) is 44.1 Å². The Hall–Kier alpha value is -1.92. The van der Waals surface area contributed by atoms with Crippen LogP contribution >= 0.6 is 0 Å². The van der Waals surface area contributed by atoms with Gasteiger partial charge in [0.15, 0.2) is 0 Å². The lowest BCUT2D eigenvalue weighted by Gasteiger charge is -2.27. The predicted molar refractivity (Wildman–Crippen MR) is 80.6 cm³/mol. The first-order valence-electron chi connectivity index (χ1n) is 7.55. The van der Waals surface area contributed by atoms with Crippen molar-refractivity contribution < 1.29 is 19.4 Å². The van der Waals surface area contributed by atoms with E-state index in [1.807, 2.05) is 24.3 Å². The smallest absolute Gasteiger partial charge is 0.308 e. The van der Waals surface area contributed by atoms with E-state index in [2.05, 4.69) is 4.90 Å². The SMILES string of the molecule is O=C(O)C1CC(=O)N(c2cccc(CN3CCOCC3)c2)C1. The van der Waals surface area contributed by atoms with Gasteiger partial charge in [-0.15, -0.1) is 0 Å². The minimum Gasteiger partial charge on any atom is -0.481 e. The van der Waals surface area contributed by atoms with Gasteiger partial charge >= 0.3 is 5.97 Å². The number of anilines is 1. The molecule has 1 amide bonds.